The molecule has 0 heterocycles. The van der Waals surface area contributed by atoms with Gasteiger partial charge in [-0.2, -0.15) is 0 Å². The van der Waals surface area contributed by atoms with Gasteiger partial charge in [0, 0.05) is 22.9 Å². The second kappa shape index (κ2) is 13.2. The van der Waals surface area contributed by atoms with Gasteiger partial charge in [-0.3, -0.25) is 0 Å². The van der Waals surface area contributed by atoms with Crippen LogP contribution >= 0.6 is 0 Å². The molecule has 1 nitrogen and oxygen atoms in total. The maximum Gasteiger partial charge on any atom is 0.0540 e. The van der Waals surface area contributed by atoms with Gasteiger partial charge in [-0.25, -0.2) is 0 Å². The second-order valence-electron chi connectivity index (χ2n) is 14.6. The van der Waals surface area contributed by atoms with E-state index in [1.54, 1.807) is 0 Å². The van der Waals surface area contributed by atoms with E-state index < -0.39 is 0 Å². The normalized spacial score (nSPS) is 16.7. The summed E-state index contributed by atoms with van der Waals surface area (Å²) in [7, 11) is 0. The average molecular weight is 668 g/mol. The van der Waals surface area contributed by atoms with Crippen molar-refractivity contribution < 1.29 is 0 Å². The van der Waals surface area contributed by atoms with E-state index in [9.17, 15) is 0 Å². The Bertz CT molecular complexity index is 2450. The molecule has 0 saturated heterocycles. The Morgan fingerprint density at radius 2 is 0.942 bits per heavy atom. The number of hydrogen-bond acceptors (Lipinski definition) is 1. The number of para-hydroxylation sites is 1. The minimum Gasteiger partial charge on any atom is -0.310 e. The number of allylic oxidation sites excluding steroid dienone is 4. The number of rotatable bonds is 7. The Hall–Kier alpha value is -6.18. The van der Waals surface area contributed by atoms with Crippen LogP contribution in [0.3, 0.4) is 0 Å². The minimum atomic E-state index is 0.0839. The van der Waals surface area contributed by atoms with E-state index >= 15 is 0 Å². The van der Waals surface area contributed by atoms with Crippen LogP contribution in [0.2, 0.25) is 0 Å². The molecule has 0 aromatic heterocycles. The van der Waals surface area contributed by atoms with Crippen molar-refractivity contribution in [2.24, 2.45) is 5.92 Å². The molecule has 0 fully saturated rings. The topological polar surface area (TPSA) is 3.24 Å². The number of anilines is 3. The van der Waals surface area contributed by atoms with Crippen molar-refractivity contribution in [2.45, 2.75) is 25.2 Å². The standard InChI is InChI=1S/C51H41N/c1-51(2)48-28-11-9-27-46(48)47-31-30-42(35-49(47)51)39-21-13-20-38(32-39)41-23-15-25-44(34-41)52(43-24-14-22-40(33-43)36-16-5-3-6-17-36)50-29-12-10-26-45(50)37-18-7-4-8-19-37/h3-35,46,48H,1-2H3. The van der Waals surface area contributed by atoms with Crippen LogP contribution in [0.4, 0.5) is 17.1 Å². The summed E-state index contributed by atoms with van der Waals surface area (Å²) < 4.78 is 0. The Morgan fingerprint density at radius 1 is 0.423 bits per heavy atom. The van der Waals surface area contributed by atoms with Crippen molar-refractivity contribution in [3.05, 3.63) is 211 Å². The van der Waals surface area contributed by atoms with Gasteiger partial charge in [0.1, 0.15) is 0 Å². The molecule has 1 heteroatoms. The second-order valence-corrected chi connectivity index (χ2v) is 14.6. The summed E-state index contributed by atoms with van der Waals surface area (Å²) in [4.78, 5) is 2.41. The van der Waals surface area contributed by atoms with Crippen LogP contribution in [-0.2, 0) is 5.41 Å². The summed E-state index contributed by atoms with van der Waals surface area (Å²) in [6.45, 7) is 4.81. The lowest BCUT2D eigenvalue weighted by Crippen LogP contribution is -2.24. The van der Waals surface area contributed by atoms with Gasteiger partial charge in [-0.1, -0.05) is 178 Å². The van der Waals surface area contributed by atoms with Crippen molar-refractivity contribution in [3.8, 4) is 44.5 Å². The third-order valence-corrected chi connectivity index (χ3v) is 11.1. The van der Waals surface area contributed by atoms with Crippen LogP contribution in [-0.4, -0.2) is 0 Å². The molecule has 0 radical (unpaired) electrons. The molecule has 52 heavy (non-hydrogen) atoms. The number of fused-ring (bicyclic) bond motifs is 3. The molecule has 0 spiro atoms. The zero-order valence-corrected chi connectivity index (χ0v) is 29.7. The molecule has 9 rings (SSSR count). The van der Waals surface area contributed by atoms with Gasteiger partial charge in [0.15, 0.2) is 0 Å². The van der Waals surface area contributed by atoms with Crippen molar-refractivity contribution >= 4 is 17.1 Å². The lowest BCUT2D eigenvalue weighted by Gasteiger charge is -2.29. The van der Waals surface area contributed by atoms with Crippen LogP contribution in [0.5, 0.6) is 0 Å². The van der Waals surface area contributed by atoms with Gasteiger partial charge in [-0.05, 0) is 97.8 Å². The lowest BCUT2D eigenvalue weighted by molar-refractivity contribution is 0.394. The molecule has 2 atom stereocenters. The minimum absolute atomic E-state index is 0.0839. The third kappa shape index (κ3) is 5.69. The maximum atomic E-state index is 2.45. The molecule has 0 saturated carbocycles. The predicted octanol–water partition coefficient (Wildman–Crippen LogP) is 13.9. The fourth-order valence-electron chi connectivity index (χ4n) is 8.47. The first-order valence-corrected chi connectivity index (χ1v) is 18.3. The summed E-state index contributed by atoms with van der Waals surface area (Å²) in [5, 5.41) is 0. The summed E-state index contributed by atoms with van der Waals surface area (Å²) in [5.74, 6) is 0.960. The van der Waals surface area contributed by atoms with E-state index in [0.29, 0.717) is 11.8 Å². The Balaban J connectivity index is 1.14. The molecule has 2 aliphatic rings. The van der Waals surface area contributed by atoms with E-state index in [1.807, 2.05) is 0 Å². The fraction of sp³-hybridized carbons (Fsp3) is 0.0980. The Morgan fingerprint density at radius 3 is 1.63 bits per heavy atom. The fourth-order valence-corrected chi connectivity index (χ4v) is 8.47. The van der Waals surface area contributed by atoms with E-state index in [1.165, 1.54) is 55.6 Å². The number of benzene rings is 7. The van der Waals surface area contributed by atoms with Crippen LogP contribution in [0, 0.1) is 5.92 Å². The van der Waals surface area contributed by atoms with Gasteiger partial charge < -0.3 is 4.90 Å². The molecule has 0 amide bonds. The van der Waals surface area contributed by atoms with Crippen LogP contribution in [0.15, 0.2) is 200 Å². The number of hydrogen-bond donors (Lipinski definition) is 0. The monoisotopic (exact) mass is 667 g/mol. The van der Waals surface area contributed by atoms with Gasteiger partial charge in [0.25, 0.3) is 0 Å². The van der Waals surface area contributed by atoms with Gasteiger partial charge >= 0.3 is 0 Å². The summed E-state index contributed by atoms with van der Waals surface area (Å²) in [6, 6.07) is 64.2. The molecule has 2 aliphatic carbocycles. The predicted molar refractivity (Wildman–Crippen MR) is 220 cm³/mol. The van der Waals surface area contributed by atoms with Crippen LogP contribution in [0.25, 0.3) is 44.5 Å². The smallest absolute Gasteiger partial charge is 0.0540 e. The summed E-state index contributed by atoms with van der Waals surface area (Å²) >= 11 is 0. The highest BCUT2D eigenvalue weighted by molar-refractivity contribution is 5.90. The first-order chi connectivity index (χ1) is 25.5. The molecule has 0 aliphatic heterocycles. The molecule has 0 bridgehead atoms. The summed E-state index contributed by atoms with van der Waals surface area (Å²) in [6.07, 6.45) is 9.20. The van der Waals surface area contributed by atoms with Crippen molar-refractivity contribution in [1.29, 1.82) is 0 Å². The highest BCUT2D eigenvalue weighted by atomic mass is 15.1. The van der Waals surface area contributed by atoms with Crippen molar-refractivity contribution in [3.63, 3.8) is 0 Å². The molecule has 2 unspecified atom stereocenters. The highest BCUT2D eigenvalue weighted by Gasteiger charge is 2.44. The quantitative estimate of drug-likeness (QED) is 0.164. The zero-order valence-electron chi connectivity index (χ0n) is 29.7. The van der Waals surface area contributed by atoms with E-state index in [2.05, 4.69) is 219 Å². The highest BCUT2D eigenvalue weighted by Crippen LogP contribution is 2.53. The van der Waals surface area contributed by atoms with E-state index in [0.717, 1.165) is 17.1 Å². The number of nitrogens with zero attached hydrogens (tertiary/aromatic N) is 1. The summed E-state index contributed by atoms with van der Waals surface area (Å²) in [5.41, 5.74) is 16.0. The van der Waals surface area contributed by atoms with Gasteiger partial charge in [-0.15, -0.1) is 0 Å². The molecule has 7 aromatic carbocycles. The molecule has 7 aromatic rings. The largest absolute Gasteiger partial charge is 0.310 e. The van der Waals surface area contributed by atoms with Crippen molar-refractivity contribution in [1.82, 2.24) is 0 Å². The molecule has 0 N–H and O–H groups in total. The SMILES string of the molecule is CC1(C)c2cc(-c3cccc(-c4cccc(N(c5cccc(-c6ccccc6)c5)c5ccccc5-c5ccccc5)c4)c3)ccc2C2C=CC=CC21. The molecule has 250 valence electrons. The third-order valence-electron chi connectivity index (χ3n) is 11.1. The first kappa shape index (κ1) is 31.8. The first-order valence-electron chi connectivity index (χ1n) is 18.3. The van der Waals surface area contributed by atoms with E-state index in [-0.39, 0.29) is 5.41 Å². The van der Waals surface area contributed by atoms with Crippen molar-refractivity contribution in [2.75, 3.05) is 4.90 Å². The average Bonchev–Trinajstić information content (AvgIpc) is 3.44. The van der Waals surface area contributed by atoms with Crippen LogP contribution in [0.1, 0.15) is 30.9 Å². The molecular formula is C51H41N. The molecular weight excluding hydrogens is 627 g/mol. The van der Waals surface area contributed by atoms with Crippen LogP contribution < -0.4 is 4.90 Å². The zero-order chi connectivity index (χ0) is 35.1. The lowest BCUT2D eigenvalue weighted by atomic mass is 9.74. The maximum absolute atomic E-state index is 2.45. The van der Waals surface area contributed by atoms with E-state index in [4.69, 9.17) is 0 Å². The Kier molecular flexibility index (Phi) is 8.05. The van der Waals surface area contributed by atoms with Gasteiger partial charge in [0.05, 0.1) is 5.69 Å². The van der Waals surface area contributed by atoms with Gasteiger partial charge in [0.2, 0.25) is 0 Å². The Labute approximate surface area is 307 Å².